The van der Waals surface area contributed by atoms with E-state index in [1.165, 1.54) is 0 Å². The lowest BCUT2D eigenvalue weighted by atomic mass is 10.2. The zero-order valence-electron chi connectivity index (χ0n) is 10.2. The second kappa shape index (κ2) is 6.31. The number of unbranched alkanes of at least 4 members (excludes halogenated alkanes) is 1. The second-order valence-electron chi connectivity index (χ2n) is 3.80. The van der Waals surface area contributed by atoms with Gasteiger partial charge in [-0.25, -0.2) is 22.7 Å². The summed E-state index contributed by atoms with van der Waals surface area (Å²) in [6.45, 7) is 2.03. The van der Waals surface area contributed by atoms with Crippen LogP contribution in [0.4, 0.5) is 4.39 Å². The molecule has 1 aromatic rings. The predicted molar refractivity (Wildman–Crippen MR) is 68.0 cm³/mol. The summed E-state index contributed by atoms with van der Waals surface area (Å²) in [5, 5.41) is 4.53. The van der Waals surface area contributed by atoms with E-state index in [4.69, 9.17) is 21.5 Å². The topological polar surface area (TPSA) is 86.5 Å². The van der Waals surface area contributed by atoms with Crippen LogP contribution in [0.3, 0.4) is 0 Å². The minimum absolute atomic E-state index is 0.127. The van der Waals surface area contributed by atoms with Crippen molar-refractivity contribution in [3.8, 4) is 0 Å². The first-order valence-corrected chi connectivity index (χ1v) is 7.38. The highest BCUT2D eigenvalue weighted by molar-refractivity contribution is 7.89. The van der Waals surface area contributed by atoms with E-state index in [9.17, 15) is 17.6 Å². The Kier molecular flexibility index (Phi) is 5.28. The number of hydrogen-bond donors (Lipinski definition) is 1. The van der Waals surface area contributed by atoms with Gasteiger partial charge in [-0.2, -0.15) is 0 Å². The zero-order chi connectivity index (χ0) is 14.6. The molecule has 0 unspecified atom stereocenters. The summed E-state index contributed by atoms with van der Waals surface area (Å²) < 4.78 is 40.8. The normalized spacial score (nSPS) is 11.4. The third-order valence-electron chi connectivity index (χ3n) is 2.28. The average molecular weight is 310 g/mol. The molecule has 0 amide bonds. The lowest BCUT2D eigenvalue weighted by Crippen LogP contribution is -2.15. The lowest BCUT2D eigenvalue weighted by Gasteiger charge is -2.08. The van der Waals surface area contributed by atoms with Crippen molar-refractivity contribution in [2.75, 3.05) is 6.61 Å². The van der Waals surface area contributed by atoms with Gasteiger partial charge in [-0.1, -0.05) is 24.9 Å². The van der Waals surface area contributed by atoms with Gasteiger partial charge in [-0.3, -0.25) is 0 Å². The van der Waals surface area contributed by atoms with Gasteiger partial charge in [0, 0.05) is 0 Å². The summed E-state index contributed by atoms with van der Waals surface area (Å²) >= 11 is 5.57. The van der Waals surface area contributed by atoms with E-state index in [2.05, 4.69) is 0 Å². The molecule has 1 rings (SSSR count). The summed E-state index contributed by atoms with van der Waals surface area (Å²) in [6, 6.07) is 1.50. The van der Waals surface area contributed by atoms with Crippen molar-refractivity contribution in [2.24, 2.45) is 5.14 Å². The molecule has 0 atom stereocenters. The van der Waals surface area contributed by atoms with Crippen molar-refractivity contribution in [3.63, 3.8) is 0 Å². The maximum atomic E-state index is 13.6. The molecule has 0 fully saturated rings. The van der Waals surface area contributed by atoms with Gasteiger partial charge in [0.2, 0.25) is 10.0 Å². The van der Waals surface area contributed by atoms with Crippen LogP contribution in [-0.4, -0.2) is 21.0 Å². The Hall–Kier alpha value is -1.18. The highest BCUT2D eigenvalue weighted by Gasteiger charge is 2.21. The van der Waals surface area contributed by atoms with Gasteiger partial charge in [0.05, 0.1) is 17.2 Å². The van der Waals surface area contributed by atoms with Gasteiger partial charge >= 0.3 is 5.97 Å². The number of carbonyl (C=O) groups is 1. The first kappa shape index (κ1) is 15.9. The van der Waals surface area contributed by atoms with Gasteiger partial charge in [-0.05, 0) is 18.6 Å². The average Bonchev–Trinajstić information content (AvgIpc) is 2.27. The fourth-order valence-electron chi connectivity index (χ4n) is 1.29. The van der Waals surface area contributed by atoms with Crippen LogP contribution in [0.1, 0.15) is 30.1 Å². The SMILES string of the molecule is CCCCOC(=O)c1cc(S(N)(=O)=O)c(Cl)cc1F. The van der Waals surface area contributed by atoms with Crippen molar-refractivity contribution in [3.05, 3.63) is 28.5 Å². The molecule has 1 aromatic carbocycles. The monoisotopic (exact) mass is 309 g/mol. The summed E-state index contributed by atoms with van der Waals surface area (Å²) in [4.78, 5) is 11.1. The summed E-state index contributed by atoms with van der Waals surface area (Å²) in [6.07, 6.45) is 1.43. The van der Waals surface area contributed by atoms with E-state index in [0.29, 0.717) is 6.42 Å². The van der Waals surface area contributed by atoms with E-state index >= 15 is 0 Å². The van der Waals surface area contributed by atoms with Crippen molar-refractivity contribution in [1.29, 1.82) is 0 Å². The summed E-state index contributed by atoms with van der Waals surface area (Å²) in [7, 11) is -4.14. The van der Waals surface area contributed by atoms with Crippen LogP contribution < -0.4 is 5.14 Å². The van der Waals surface area contributed by atoms with Crippen LogP contribution in [0.25, 0.3) is 0 Å². The molecule has 0 aliphatic rings. The fourth-order valence-corrected chi connectivity index (χ4v) is 2.38. The molecule has 0 saturated heterocycles. The largest absolute Gasteiger partial charge is 0.462 e. The van der Waals surface area contributed by atoms with E-state index < -0.39 is 32.3 Å². The van der Waals surface area contributed by atoms with Gasteiger partial charge in [0.25, 0.3) is 0 Å². The van der Waals surface area contributed by atoms with Crippen molar-refractivity contribution in [2.45, 2.75) is 24.7 Å². The van der Waals surface area contributed by atoms with E-state index in [1.54, 1.807) is 0 Å². The number of primary sulfonamides is 1. The molecule has 0 aliphatic carbocycles. The zero-order valence-corrected chi connectivity index (χ0v) is 11.7. The number of halogens is 2. The third-order valence-corrected chi connectivity index (χ3v) is 3.65. The predicted octanol–water partition coefficient (Wildman–Crippen LogP) is 2.08. The standard InChI is InChI=1S/C11H13ClFNO4S/c1-2-3-4-18-11(15)7-5-10(19(14,16)17)8(12)6-9(7)13/h5-6H,2-4H2,1H3,(H2,14,16,17). The van der Waals surface area contributed by atoms with Gasteiger partial charge in [-0.15, -0.1) is 0 Å². The maximum absolute atomic E-state index is 13.6. The van der Waals surface area contributed by atoms with Gasteiger partial charge in [0.1, 0.15) is 10.7 Å². The lowest BCUT2D eigenvalue weighted by molar-refractivity contribution is 0.0494. The minimum atomic E-state index is -4.14. The van der Waals surface area contributed by atoms with E-state index in [-0.39, 0.29) is 11.6 Å². The van der Waals surface area contributed by atoms with Crippen molar-refractivity contribution in [1.82, 2.24) is 0 Å². The van der Waals surface area contributed by atoms with Crippen LogP contribution in [0.2, 0.25) is 5.02 Å². The molecule has 0 radical (unpaired) electrons. The fraction of sp³-hybridized carbons (Fsp3) is 0.364. The Labute approximate surface area is 115 Å². The first-order valence-electron chi connectivity index (χ1n) is 5.46. The Balaban J connectivity index is 3.11. The Bertz CT molecular complexity index is 589. The van der Waals surface area contributed by atoms with Crippen molar-refractivity contribution >= 4 is 27.6 Å². The van der Waals surface area contributed by atoms with Gasteiger partial charge < -0.3 is 4.74 Å². The molecule has 0 heterocycles. The maximum Gasteiger partial charge on any atom is 0.341 e. The highest BCUT2D eigenvalue weighted by Crippen LogP contribution is 2.24. The number of hydrogen-bond acceptors (Lipinski definition) is 4. The first-order chi connectivity index (χ1) is 8.77. The molecule has 106 valence electrons. The smallest absolute Gasteiger partial charge is 0.341 e. The van der Waals surface area contributed by atoms with Crippen LogP contribution in [-0.2, 0) is 14.8 Å². The third kappa shape index (κ3) is 4.15. The van der Waals surface area contributed by atoms with Crippen molar-refractivity contribution < 1.29 is 22.3 Å². The molecule has 0 aliphatic heterocycles. The van der Waals surface area contributed by atoms with E-state index in [1.807, 2.05) is 6.92 Å². The Morgan fingerprint density at radius 3 is 2.63 bits per heavy atom. The number of carbonyl (C=O) groups excluding carboxylic acids is 1. The highest BCUT2D eigenvalue weighted by atomic mass is 35.5. The van der Waals surface area contributed by atoms with Gasteiger partial charge in [0.15, 0.2) is 0 Å². The molecular weight excluding hydrogens is 297 g/mol. The second-order valence-corrected chi connectivity index (χ2v) is 5.73. The molecule has 8 heteroatoms. The Morgan fingerprint density at radius 1 is 1.47 bits per heavy atom. The summed E-state index contributed by atoms with van der Waals surface area (Å²) in [5.74, 6) is -1.91. The van der Waals surface area contributed by atoms with Crippen LogP contribution >= 0.6 is 11.6 Å². The van der Waals surface area contributed by atoms with Crippen LogP contribution in [0.15, 0.2) is 17.0 Å². The van der Waals surface area contributed by atoms with E-state index in [0.717, 1.165) is 18.6 Å². The number of esters is 1. The van der Waals surface area contributed by atoms with Crippen LogP contribution in [0.5, 0.6) is 0 Å². The molecule has 5 nitrogen and oxygen atoms in total. The minimum Gasteiger partial charge on any atom is -0.462 e. The molecule has 0 saturated carbocycles. The quantitative estimate of drug-likeness (QED) is 0.666. The summed E-state index contributed by atoms with van der Waals surface area (Å²) in [5.41, 5.74) is -0.510. The number of rotatable bonds is 5. The molecule has 0 aromatic heterocycles. The molecule has 19 heavy (non-hydrogen) atoms. The van der Waals surface area contributed by atoms with Crippen LogP contribution in [0, 0.1) is 5.82 Å². The molecule has 0 bridgehead atoms. The Morgan fingerprint density at radius 2 is 2.11 bits per heavy atom. The molecule has 0 spiro atoms. The molecular formula is C11H13ClFNO4S. The number of benzene rings is 1. The molecule has 2 N–H and O–H groups in total. The number of nitrogens with two attached hydrogens (primary N) is 1. The number of sulfonamides is 1. The number of ether oxygens (including phenoxy) is 1.